The molecule has 0 bridgehead atoms. The number of anilines is 2. The molecule has 1 amide bonds. The lowest BCUT2D eigenvalue weighted by Crippen LogP contribution is -2.17. The molecule has 0 saturated heterocycles. The number of carbonyl (C=O) groups is 1. The number of nitrogens with one attached hydrogen (secondary N) is 2. The maximum absolute atomic E-state index is 13.9. The Morgan fingerprint density at radius 1 is 1.00 bits per heavy atom. The van der Waals surface area contributed by atoms with Gasteiger partial charge in [-0.1, -0.05) is 41.9 Å². The minimum atomic E-state index is -0.351. The number of hydrazone groups is 1. The van der Waals surface area contributed by atoms with Gasteiger partial charge >= 0.3 is 0 Å². The zero-order valence-electron chi connectivity index (χ0n) is 22.5. The summed E-state index contributed by atoms with van der Waals surface area (Å²) >= 11 is 7.43. The average molecular weight is 601 g/mol. The van der Waals surface area contributed by atoms with Crippen LogP contribution in [0.15, 0.2) is 101 Å². The number of carbonyl (C=O) groups excluding carboxylic acids is 1. The van der Waals surface area contributed by atoms with E-state index in [0.717, 1.165) is 22.1 Å². The summed E-state index contributed by atoms with van der Waals surface area (Å²) in [4.78, 5) is 17.3. The molecule has 5 aromatic rings. The highest BCUT2D eigenvalue weighted by atomic mass is 35.5. The maximum atomic E-state index is 13.9. The molecule has 0 saturated carbocycles. The van der Waals surface area contributed by atoms with Crippen LogP contribution in [0.3, 0.4) is 0 Å². The number of rotatable bonds is 11. The van der Waals surface area contributed by atoms with E-state index in [2.05, 4.69) is 20.8 Å². The van der Waals surface area contributed by atoms with Crippen molar-refractivity contribution >= 4 is 45.9 Å². The zero-order chi connectivity index (χ0) is 29.3. The Hall–Kier alpha value is -4.73. The molecule has 0 fully saturated rings. The van der Waals surface area contributed by atoms with Gasteiger partial charge in [-0.3, -0.25) is 4.79 Å². The quantitative estimate of drug-likeness (QED) is 0.118. The smallest absolute Gasteiger partial charge is 0.271 e. The second-order valence-corrected chi connectivity index (χ2v) is 10.3. The fourth-order valence-corrected chi connectivity index (χ4v) is 4.77. The van der Waals surface area contributed by atoms with Crippen molar-refractivity contribution in [3.63, 3.8) is 0 Å². The maximum Gasteiger partial charge on any atom is 0.271 e. The number of halogens is 2. The van der Waals surface area contributed by atoms with Crippen LogP contribution in [-0.2, 0) is 6.61 Å². The van der Waals surface area contributed by atoms with Crippen LogP contribution in [0.4, 0.5) is 15.2 Å². The van der Waals surface area contributed by atoms with E-state index < -0.39 is 0 Å². The molecular weight excluding hydrogens is 575 g/mol. The minimum Gasteiger partial charge on any atom is -0.490 e. The number of amides is 1. The summed E-state index contributed by atoms with van der Waals surface area (Å²) in [6, 6.07) is 26.2. The fraction of sp³-hybridized carbons (Fsp3) is 0.0938. The van der Waals surface area contributed by atoms with Gasteiger partial charge < -0.3 is 14.8 Å². The van der Waals surface area contributed by atoms with E-state index in [1.165, 1.54) is 23.6 Å². The average Bonchev–Trinajstić information content (AvgIpc) is 3.47. The van der Waals surface area contributed by atoms with Crippen molar-refractivity contribution in [2.45, 2.75) is 13.5 Å². The second-order valence-electron chi connectivity index (χ2n) is 8.97. The van der Waals surface area contributed by atoms with E-state index in [4.69, 9.17) is 21.1 Å². The van der Waals surface area contributed by atoms with Crippen LogP contribution >= 0.6 is 22.9 Å². The van der Waals surface area contributed by atoms with Crippen molar-refractivity contribution in [2.24, 2.45) is 5.10 Å². The Bertz CT molecular complexity index is 1690. The summed E-state index contributed by atoms with van der Waals surface area (Å²) in [6.45, 7) is 2.35. The van der Waals surface area contributed by atoms with E-state index in [-0.39, 0.29) is 18.3 Å². The number of hydrogen-bond donors (Lipinski definition) is 2. The van der Waals surface area contributed by atoms with E-state index >= 15 is 0 Å². The summed E-state index contributed by atoms with van der Waals surface area (Å²) < 4.78 is 25.4. The standard InChI is InChI=1S/C32H26ClFN4O3S/c1-2-40-30-17-21(7-16-29(30)41-19-24-5-3-4-6-27(24)34)18-35-38-31(39)23-10-8-22(9-11-23)28-20-42-32(37-28)36-26-14-12-25(33)13-15-26/h3-18,20H,2,19H2,1H3,(H,36,37)(H,38,39)/b35-18-. The topological polar surface area (TPSA) is 84.8 Å². The Morgan fingerprint density at radius 3 is 2.55 bits per heavy atom. The Morgan fingerprint density at radius 2 is 1.79 bits per heavy atom. The zero-order valence-corrected chi connectivity index (χ0v) is 24.1. The van der Waals surface area contributed by atoms with E-state index in [9.17, 15) is 9.18 Å². The van der Waals surface area contributed by atoms with Crippen LogP contribution in [0, 0.1) is 5.82 Å². The molecule has 0 unspecified atom stereocenters. The number of nitrogens with zero attached hydrogens (tertiary/aromatic N) is 2. The first-order valence-electron chi connectivity index (χ1n) is 13.0. The van der Waals surface area contributed by atoms with E-state index in [1.807, 2.05) is 48.7 Å². The Kier molecular flexibility index (Phi) is 9.43. The molecule has 0 aliphatic rings. The lowest BCUT2D eigenvalue weighted by Gasteiger charge is -2.13. The third-order valence-corrected chi connectivity index (χ3v) is 7.04. The summed E-state index contributed by atoms with van der Waals surface area (Å²) in [6.07, 6.45) is 1.51. The number of ether oxygens (including phenoxy) is 2. The molecule has 42 heavy (non-hydrogen) atoms. The largest absolute Gasteiger partial charge is 0.490 e. The van der Waals surface area contributed by atoms with Gasteiger partial charge in [0.05, 0.1) is 18.5 Å². The first-order chi connectivity index (χ1) is 20.5. The van der Waals surface area contributed by atoms with Gasteiger partial charge in [-0.2, -0.15) is 5.10 Å². The summed E-state index contributed by atoms with van der Waals surface area (Å²) in [5, 5.41) is 10.7. The van der Waals surface area contributed by atoms with Crippen molar-refractivity contribution in [3.8, 4) is 22.8 Å². The van der Waals surface area contributed by atoms with Gasteiger partial charge in [0.25, 0.3) is 5.91 Å². The first-order valence-corrected chi connectivity index (χ1v) is 14.3. The number of aromatic nitrogens is 1. The fourth-order valence-electron chi connectivity index (χ4n) is 3.91. The van der Waals surface area contributed by atoms with Crippen LogP contribution < -0.4 is 20.2 Å². The highest BCUT2D eigenvalue weighted by Gasteiger charge is 2.10. The first kappa shape index (κ1) is 28.8. The third kappa shape index (κ3) is 7.51. The SMILES string of the molecule is CCOc1cc(/C=N\NC(=O)c2ccc(-c3csc(Nc4ccc(Cl)cc4)n3)cc2)ccc1OCc1ccccc1F. The molecule has 0 aliphatic heterocycles. The van der Waals surface area contributed by atoms with E-state index in [1.54, 1.807) is 48.5 Å². The lowest BCUT2D eigenvalue weighted by atomic mass is 10.1. The molecular formula is C32H26ClFN4O3S. The number of benzene rings is 4. The monoisotopic (exact) mass is 600 g/mol. The highest BCUT2D eigenvalue weighted by Crippen LogP contribution is 2.30. The predicted octanol–water partition coefficient (Wildman–Crippen LogP) is 8.09. The Balaban J connectivity index is 1.17. The summed E-state index contributed by atoms with van der Waals surface area (Å²) in [7, 11) is 0. The van der Waals surface area contributed by atoms with Crippen LogP contribution in [-0.4, -0.2) is 23.7 Å². The Labute approximate surface area is 251 Å². The van der Waals surface area contributed by atoms with Crippen LogP contribution in [0.1, 0.15) is 28.4 Å². The molecule has 0 spiro atoms. The molecule has 0 atom stereocenters. The normalized spacial score (nSPS) is 10.9. The molecule has 2 N–H and O–H groups in total. The number of thiazole rings is 1. The van der Waals surface area contributed by atoms with Crippen LogP contribution in [0.25, 0.3) is 11.3 Å². The summed E-state index contributed by atoms with van der Waals surface area (Å²) in [5.74, 6) is 0.295. The molecule has 1 aromatic heterocycles. The third-order valence-electron chi connectivity index (χ3n) is 6.03. The van der Waals surface area contributed by atoms with Gasteiger partial charge in [-0.05, 0) is 73.2 Å². The molecule has 0 radical (unpaired) electrons. The van der Waals surface area contributed by atoms with Gasteiger partial charge in [0, 0.05) is 32.8 Å². The van der Waals surface area contributed by atoms with Crippen molar-refractivity contribution in [1.82, 2.24) is 10.4 Å². The van der Waals surface area contributed by atoms with Crippen molar-refractivity contribution in [3.05, 3.63) is 124 Å². The van der Waals surface area contributed by atoms with Gasteiger partial charge in [0.15, 0.2) is 16.6 Å². The van der Waals surface area contributed by atoms with Gasteiger partial charge in [0.1, 0.15) is 12.4 Å². The molecule has 0 aliphatic carbocycles. The van der Waals surface area contributed by atoms with Gasteiger partial charge in [-0.15, -0.1) is 11.3 Å². The molecule has 10 heteroatoms. The summed E-state index contributed by atoms with van der Waals surface area (Å²) in [5.41, 5.74) is 6.72. The van der Waals surface area contributed by atoms with Crippen molar-refractivity contribution < 1.29 is 18.7 Å². The lowest BCUT2D eigenvalue weighted by molar-refractivity contribution is 0.0955. The predicted molar refractivity (Wildman–Crippen MR) is 166 cm³/mol. The molecule has 7 nitrogen and oxygen atoms in total. The molecule has 212 valence electrons. The molecule has 1 heterocycles. The minimum absolute atomic E-state index is 0.0684. The molecule has 5 rings (SSSR count). The highest BCUT2D eigenvalue weighted by molar-refractivity contribution is 7.14. The van der Waals surface area contributed by atoms with Gasteiger partial charge in [-0.25, -0.2) is 14.8 Å². The van der Waals surface area contributed by atoms with Crippen molar-refractivity contribution in [1.29, 1.82) is 0 Å². The second kappa shape index (κ2) is 13.8. The van der Waals surface area contributed by atoms with E-state index in [0.29, 0.717) is 39.8 Å². The molecule has 4 aromatic carbocycles. The number of hydrogen-bond acceptors (Lipinski definition) is 7. The van der Waals surface area contributed by atoms with Gasteiger partial charge in [0.2, 0.25) is 0 Å². The van der Waals surface area contributed by atoms with Crippen LogP contribution in [0.5, 0.6) is 11.5 Å². The van der Waals surface area contributed by atoms with Crippen molar-refractivity contribution in [2.75, 3.05) is 11.9 Å². The van der Waals surface area contributed by atoms with Crippen LogP contribution in [0.2, 0.25) is 5.02 Å².